The molecule has 140 valence electrons. The molecule has 3 heterocycles. The Hall–Kier alpha value is -2.01. The van der Waals surface area contributed by atoms with Crippen molar-refractivity contribution in [2.75, 3.05) is 26.7 Å². The number of methoxy groups -OCH3 is 1. The van der Waals surface area contributed by atoms with Crippen LogP contribution in [0.3, 0.4) is 0 Å². The van der Waals surface area contributed by atoms with Gasteiger partial charge in [-0.3, -0.25) is 9.69 Å². The summed E-state index contributed by atoms with van der Waals surface area (Å²) in [5.74, 6) is 1.13. The molecule has 4 rings (SSSR count). The number of benzene rings is 1. The van der Waals surface area contributed by atoms with Gasteiger partial charge < -0.3 is 14.6 Å². The number of likely N-dealkylation sites (tertiary alicyclic amines) is 1. The van der Waals surface area contributed by atoms with Crippen LogP contribution in [0.5, 0.6) is 5.75 Å². The number of carbonyl (C=O) groups excluding carboxylic acids is 1. The van der Waals surface area contributed by atoms with Gasteiger partial charge in [0.15, 0.2) is 0 Å². The van der Waals surface area contributed by atoms with E-state index in [-0.39, 0.29) is 5.91 Å². The summed E-state index contributed by atoms with van der Waals surface area (Å²) >= 11 is 0. The molecule has 0 saturated carbocycles. The predicted octanol–water partition coefficient (Wildman–Crippen LogP) is 3.33. The van der Waals surface area contributed by atoms with E-state index < -0.39 is 0 Å². The number of amides is 1. The van der Waals surface area contributed by atoms with Crippen molar-refractivity contribution in [2.45, 2.75) is 51.6 Å². The zero-order valence-corrected chi connectivity index (χ0v) is 15.9. The fraction of sp³-hybridized carbons (Fsp3) is 0.571. The number of hydrogen-bond acceptors (Lipinski definition) is 3. The summed E-state index contributed by atoms with van der Waals surface area (Å²) in [6, 6.07) is 6.70. The molecule has 0 radical (unpaired) electrons. The average Bonchev–Trinajstić information content (AvgIpc) is 3.05. The molecule has 5 heteroatoms. The Morgan fingerprint density at radius 3 is 3.00 bits per heavy atom. The summed E-state index contributed by atoms with van der Waals surface area (Å²) in [7, 11) is 1.69. The molecule has 26 heavy (non-hydrogen) atoms. The van der Waals surface area contributed by atoms with Gasteiger partial charge in [-0.15, -0.1) is 0 Å². The van der Waals surface area contributed by atoms with E-state index in [1.807, 2.05) is 11.0 Å². The molecule has 2 aromatic rings. The minimum absolute atomic E-state index is 0.272. The molecule has 2 aliphatic rings. The van der Waals surface area contributed by atoms with E-state index in [1.54, 1.807) is 7.11 Å². The van der Waals surface area contributed by atoms with E-state index in [9.17, 15) is 4.79 Å². The second-order valence-electron chi connectivity index (χ2n) is 7.59. The van der Waals surface area contributed by atoms with Crippen molar-refractivity contribution in [3.8, 4) is 5.75 Å². The number of fused-ring (bicyclic) bond motifs is 3. The van der Waals surface area contributed by atoms with Crippen LogP contribution >= 0.6 is 0 Å². The molecule has 5 nitrogen and oxygen atoms in total. The lowest BCUT2D eigenvalue weighted by molar-refractivity contribution is -0.134. The van der Waals surface area contributed by atoms with Gasteiger partial charge in [-0.25, -0.2) is 0 Å². The Balaban J connectivity index is 1.51. The summed E-state index contributed by atoms with van der Waals surface area (Å²) in [5.41, 5.74) is 3.65. The van der Waals surface area contributed by atoms with Crippen molar-refractivity contribution >= 4 is 16.8 Å². The van der Waals surface area contributed by atoms with E-state index in [2.05, 4.69) is 28.9 Å². The van der Waals surface area contributed by atoms with Crippen molar-refractivity contribution in [3.63, 3.8) is 0 Å². The lowest BCUT2D eigenvalue weighted by atomic mass is 10.00. The number of nitrogens with one attached hydrogen (secondary N) is 1. The Kier molecular flexibility index (Phi) is 4.90. The number of aromatic amines is 1. The SMILES string of the molecule is CC[C@@H]1CCCCN1CC(=O)N1CCc2[nH]c3ccc(OC)cc3c2C1. The number of rotatable bonds is 4. The molecule has 1 aromatic heterocycles. The van der Waals surface area contributed by atoms with E-state index in [0.29, 0.717) is 19.1 Å². The van der Waals surface area contributed by atoms with Gasteiger partial charge >= 0.3 is 0 Å². The first-order valence-electron chi connectivity index (χ1n) is 9.89. The first kappa shape index (κ1) is 17.4. The number of H-pyrrole nitrogens is 1. The molecule has 0 unspecified atom stereocenters. The van der Waals surface area contributed by atoms with Crippen LogP contribution in [0.2, 0.25) is 0 Å². The monoisotopic (exact) mass is 355 g/mol. The predicted molar refractivity (Wildman–Crippen MR) is 103 cm³/mol. The third-order valence-electron chi connectivity index (χ3n) is 6.09. The van der Waals surface area contributed by atoms with E-state index in [0.717, 1.165) is 37.2 Å². The van der Waals surface area contributed by atoms with Crippen LogP contribution in [0, 0.1) is 0 Å². The first-order chi connectivity index (χ1) is 12.7. The Labute approximate surface area is 155 Å². The lowest BCUT2D eigenvalue weighted by Gasteiger charge is -2.36. The highest BCUT2D eigenvalue weighted by Crippen LogP contribution is 2.30. The van der Waals surface area contributed by atoms with Crippen LogP contribution in [-0.4, -0.2) is 53.5 Å². The smallest absolute Gasteiger partial charge is 0.237 e. The maximum Gasteiger partial charge on any atom is 0.237 e. The highest BCUT2D eigenvalue weighted by Gasteiger charge is 2.28. The third-order valence-corrected chi connectivity index (χ3v) is 6.09. The molecular formula is C21H29N3O2. The van der Waals surface area contributed by atoms with Gasteiger partial charge in [0.1, 0.15) is 5.75 Å². The minimum atomic E-state index is 0.272. The Morgan fingerprint density at radius 2 is 2.19 bits per heavy atom. The third kappa shape index (κ3) is 3.20. The topological polar surface area (TPSA) is 48.6 Å². The molecule has 0 spiro atoms. The van der Waals surface area contributed by atoms with Crippen LogP contribution in [0.25, 0.3) is 10.9 Å². The largest absolute Gasteiger partial charge is 0.497 e. The molecule has 1 aromatic carbocycles. The standard InChI is InChI=1S/C21H29N3O2/c1-3-15-6-4-5-10-23(15)14-21(25)24-11-9-20-18(13-24)17-12-16(26-2)7-8-19(17)22-20/h7-8,12,15,22H,3-6,9-11,13-14H2,1-2H3/t15-/m1/s1. The summed E-state index contributed by atoms with van der Waals surface area (Å²) in [6.45, 7) is 5.37. The molecule has 0 bridgehead atoms. The maximum atomic E-state index is 13.0. The van der Waals surface area contributed by atoms with Crippen molar-refractivity contribution in [3.05, 3.63) is 29.5 Å². The average molecular weight is 355 g/mol. The van der Waals surface area contributed by atoms with E-state index >= 15 is 0 Å². The normalized spacial score (nSPS) is 21.0. The van der Waals surface area contributed by atoms with Crippen molar-refractivity contribution in [1.82, 2.24) is 14.8 Å². The van der Waals surface area contributed by atoms with Crippen molar-refractivity contribution in [2.24, 2.45) is 0 Å². The molecule has 1 N–H and O–H groups in total. The molecule has 1 amide bonds. The second kappa shape index (κ2) is 7.31. The summed E-state index contributed by atoms with van der Waals surface area (Å²) in [5, 5.41) is 1.18. The van der Waals surface area contributed by atoms with Gasteiger partial charge in [0, 0.05) is 47.7 Å². The Morgan fingerprint density at radius 1 is 1.31 bits per heavy atom. The van der Waals surface area contributed by atoms with Gasteiger partial charge in [-0.2, -0.15) is 0 Å². The number of piperidine rings is 1. The first-order valence-corrected chi connectivity index (χ1v) is 9.89. The maximum absolute atomic E-state index is 13.0. The van der Waals surface area contributed by atoms with Crippen LogP contribution in [0.15, 0.2) is 18.2 Å². The van der Waals surface area contributed by atoms with E-state index in [1.165, 1.54) is 35.9 Å². The van der Waals surface area contributed by atoms with Crippen LogP contribution in [-0.2, 0) is 17.8 Å². The summed E-state index contributed by atoms with van der Waals surface area (Å²) in [6.07, 6.45) is 5.79. The van der Waals surface area contributed by atoms with E-state index in [4.69, 9.17) is 4.74 Å². The van der Waals surface area contributed by atoms with Crippen LogP contribution < -0.4 is 4.74 Å². The molecule has 1 atom stereocenters. The lowest BCUT2D eigenvalue weighted by Crippen LogP contribution is -2.47. The summed E-state index contributed by atoms with van der Waals surface area (Å²) in [4.78, 5) is 20.9. The number of aromatic nitrogens is 1. The number of nitrogens with zero attached hydrogens (tertiary/aromatic N) is 2. The highest BCUT2D eigenvalue weighted by molar-refractivity contribution is 5.87. The second-order valence-corrected chi connectivity index (χ2v) is 7.59. The van der Waals surface area contributed by atoms with Crippen molar-refractivity contribution < 1.29 is 9.53 Å². The highest BCUT2D eigenvalue weighted by atomic mass is 16.5. The van der Waals surface area contributed by atoms with Gasteiger partial charge in [-0.1, -0.05) is 13.3 Å². The molecule has 0 aliphatic carbocycles. The van der Waals surface area contributed by atoms with Gasteiger partial charge in [-0.05, 0) is 44.0 Å². The summed E-state index contributed by atoms with van der Waals surface area (Å²) < 4.78 is 5.38. The zero-order chi connectivity index (χ0) is 18.1. The fourth-order valence-electron chi connectivity index (χ4n) is 4.54. The number of carbonyl (C=O) groups is 1. The minimum Gasteiger partial charge on any atom is -0.497 e. The fourth-order valence-corrected chi connectivity index (χ4v) is 4.54. The zero-order valence-electron chi connectivity index (χ0n) is 15.9. The quantitative estimate of drug-likeness (QED) is 0.915. The van der Waals surface area contributed by atoms with Gasteiger partial charge in [0.2, 0.25) is 5.91 Å². The van der Waals surface area contributed by atoms with Crippen LogP contribution in [0.4, 0.5) is 0 Å². The van der Waals surface area contributed by atoms with Crippen molar-refractivity contribution in [1.29, 1.82) is 0 Å². The molecule has 1 saturated heterocycles. The Bertz CT molecular complexity index is 798. The number of hydrogen-bond donors (Lipinski definition) is 1. The molecule has 1 fully saturated rings. The van der Waals surface area contributed by atoms with Gasteiger partial charge in [0.05, 0.1) is 13.7 Å². The number of ether oxygens (including phenoxy) is 1. The van der Waals surface area contributed by atoms with Crippen LogP contribution in [0.1, 0.15) is 43.9 Å². The molecule has 2 aliphatic heterocycles. The molecular weight excluding hydrogens is 326 g/mol. The van der Waals surface area contributed by atoms with Gasteiger partial charge in [0.25, 0.3) is 0 Å².